The van der Waals surface area contributed by atoms with E-state index in [1.54, 1.807) is 6.08 Å². The molecular weight excluding hydrogens is 282 g/mol. The summed E-state index contributed by atoms with van der Waals surface area (Å²) < 4.78 is 9.79. The van der Waals surface area contributed by atoms with Crippen LogP contribution in [0.3, 0.4) is 0 Å². The maximum atomic E-state index is 11.8. The Morgan fingerprint density at radius 2 is 2.05 bits per heavy atom. The lowest BCUT2D eigenvalue weighted by Crippen LogP contribution is -2.11. The first-order valence-corrected chi connectivity index (χ1v) is 6.55. The smallest absolute Gasteiger partial charge is 0.360 e. The molecule has 0 atom stereocenters. The van der Waals surface area contributed by atoms with Crippen molar-refractivity contribution < 1.29 is 14.3 Å². The molecule has 0 radical (unpaired) electrons. The maximum Gasteiger partial charge on any atom is 0.360 e. The van der Waals surface area contributed by atoms with Gasteiger partial charge in [0.25, 0.3) is 0 Å². The molecule has 0 unspecified atom stereocenters. The van der Waals surface area contributed by atoms with Gasteiger partial charge in [-0.25, -0.2) is 14.8 Å². The first kappa shape index (κ1) is 15.5. The molecule has 0 saturated heterocycles. The Labute approximate surface area is 128 Å². The SMILES string of the molecule is C=Cc1ccc(-c2nc(N)c(OC)c(C(=O)OC)n2)cc1C. The van der Waals surface area contributed by atoms with Crippen LogP contribution >= 0.6 is 0 Å². The monoisotopic (exact) mass is 299 g/mol. The maximum absolute atomic E-state index is 11.8. The average Bonchev–Trinajstić information content (AvgIpc) is 2.53. The van der Waals surface area contributed by atoms with Crippen molar-refractivity contribution >= 4 is 17.9 Å². The van der Waals surface area contributed by atoms with Crippen LogP contribution < -0.4 is 10.5 Å². The van der Waals surface area contributed by atoms with E-state index in [0.717, 1.165) is 16.7 Å². The summed E-state index contributed by atoms with van der Waals surface area (Å²) in [6, 6.07) is 5.64. The second-order valence-corrected chi connectivity index (χ2v) is 4.58. The van der Waals surface area contributed by atoms with Gasteiger partial charge < -0.3 is 15.2 Å². The Bertz CT molecular complexity index is 742. The first-order valence-electron chi connectivity index (χ1n) is 6.55. The molecule has 0 aliphatic heterocycles. The van der Waals surface area contributed by atoms with Crippen LogP contribution in [0.4, 0.5) is 5.82 Å². The summed E-state index contributed by atoms with van der Waals surface area (Å²) in [5.74, 6) is -0.113. The third-order valence-corrected chi connectivity index (χ3v) is 3.22. The number of anilines is 1. The lowest BCUT2D eigenvalue weighted by molar-refractivity contribution is 0.0590. The number of hydrogen-bond acceptors (Lipinski definition) is 6. The van der Waals surface area contributed by atoms with Gasteiger partial charge in [-0.1, -0.05) is 24.8 Å². The zero-order chi connectivity index (χ0) is 16.3. The van der Waals surface area contributed by atoms with Gasteiger partial charge in [-0.05, 0) is 24.1 Å². The van der Waals surface area contributed by atoms with Crippen LogP contribution in [-0.2, 0) is 4.74 Å². The van der Waals surface area contributed by atoms with Crippen LogP contribution in [0.5, 0.6) is 5.75 Å². The molecule has 1 heterocycles. The van der Waals surface area contributed by atoms with E-state index >= 15 is 0 Å². The van der Waals surface area contributed by atoms with E-state index in [9.17, 15) is 4.79 Å². The predicted octanol–water partition coefficient (Wildman–Crippen LogP) is 2.47. The number of nitrogen functional groups attached to an aromatic ring is 1. The number of ether oxygens (including phenoxy) is 2. The summed E-state index contributed by atoms with van der Waals surface area (Å²) in [6.45, 7) is 5.70. The molecule has 0 aliphatic carbocycles. The molecule has 6 heteroatoms. The van der Waals surface area contributed by atoms with Crippen molar-refractivity contribution in [2.45, 2.75) is 6.92 Å². The van der Waals surface area contributed by atoms with Gasteiger partial charge in [0.2, 0.25) is 0 Å². The molecule has 1 aromatic carbocycles. The van der Waals surface area contributed by atoms with Crippen LogP contribution in [0.1, 0.15) is 21.6 Å². The highest BCUT2D eigenvalue weighted by atomic mass is 16.5. The summed E-state index contributed by atoms with van der Waals surface area (Å²) >= 11 is 0. The standard InChI is InChI=1S/C16H17N3O3/c1-5-10-6-7-11(8-9(10)2)15-18-12(16(20)22-4)13(21-3)14(17)19-15/h5-8H,1H2,2-4H3,(H2,17,18,19). The van der Waals surface area contributed by atoms with Gasteiger partial charge in [0, 0.05) is 5.56 Å². The molecule has 0 fully saturated rings. The summed E-state index contributed by atoms with van der Waals surface area (Å²) in [6.07, 6.45) is 1.77. The number of aromatic nitrogens is 2. The lowest BCUT2D eigenvalue weighted by atomic mass is 10.0. The highest BCUT2D eigenvalue weighted by molar-refractivity contribution is 5.92. The molecule has 0 bridgehead atoms. The van der Waals surface area contributed by atoms with Crippen molar-refractivity contribution in [2.24, 2.45) is 0 Å². The molecule has 1 aromatic heterocycles. The largest absolute Gasteiger partial charge is 0.491 e. The number of nitrogens with two attached hydrogens (primary N) is 1. The van der Waals surface area contributed by atoms with E-state index in [1.807, 2.05) is 25.1 Å². The fourth-order valence-electron chi connectivity index (χ4n) is 2.08. The van der Waals surface area contributed by atoms with Crippen molar-refractivity contribution in [3.63, 3.8) is 0 Å². The minimum atomic E-state index is -0.633. The van der Waals surface area contributed by atoms with E-state index in [-0.39, 0.29) is 17.3 Å². The summed E-state index contributed by atoms with van der Waals surface area (Å²) in [7, 11) is 2.66. The van der Waals surface area contributed by atoms with Gasteiger partial charge in [0.1, 0.15) is 0 Å². The Morgan fingerprint density at radius 1 is 1.32 bits per heavy atom. The zero-order valence-electron chi connectivity index (χ0n) is 12.7. The normalized spacial score (nSPS) is 10.1. The molecule has 22 heavy (non-hydrogen) atoms. The molecule has 0 aliphatic rings. The van der Waals surface area contributed by atoms with Gasteiger partial charge in [0.05, 0.1) is 14.2 Å². The second kappa shape index (κ2) is 6.26. The van der Waals surface area contributed by atoms with E-state index in [1.165, 1.54) is 14.2 Å². The molecule has 114 valence electrons. The van der Waals surface area contributed by atoms with Crippen molar-refractivity contribution in [1.82, 2.24) is 9.97 Å². The number of esters is 1. The van der Waals surface area contributed by atoms with E-state index in [4.69, 9.17) is 15.2 Å². The number of aryl methyl sites for hydroxylation is 1. The van der Waals surface area contributed by atoms with Crippen molar-refractivity contribution in [1.29, 1.82) is 0 Å². The van der Waals surface area contributed by atoms with E-state index in [0.29, 0.717) is 5.82 Å². The molecular formula is C16H17N3O3. The number of nitrogens with zero attached hydrogens (tertiary/aromatic N) is 2. The van der Waals surface area contributed by atoms with Gasteiger partial charge in [-0.3, -0.25) is 0 Å². The third-order valence-electron chi connectivity index (χ3n) is 3.22. The number of methoxy groups -OCH3 is 2. The average molecular weight is 299 g/mol. The molecule has 6 nitrogen and oxygen atoms in total. The second-order valence-electron chi connectivity index (χ2n) is 4.58. The fraction of sp³-hybridized carbons (Fsp3) is 0.188. The molecule has 2 rings (SSSR count). The van der Waals surface area contributed by atoms with Crippen molar-refractivity contribution in [3.05, 3.63) is 41.6 Å². The third kappa shape index (κ3) is 2.76. The molecule has 0 amide bonds. The number of carbonyl (C=O) groups excluding carboxylic acids is 1. The Morgan fingerprint density at radius 3 is 2.59 bits per heavy atom. The Hall–Kier alpha value is -2.89. The van der Waals surface area contributed by atoms with Crippen molar-refractivity contribution in [2.75, 3.05) is 20.0 Å². The summed E-state index contributed by atoms with van der Waals surface area (Å²) in [5, 5.41) is 0. The molecule has 0 spiro atoms. The summed E-state index contributed by atoms with van der Waals surface area (Å²) in [4.78, 5) is 20.3. The molecule has 2 aromatic rings. The van der Waals surface area contributed by atoms with Gasteiger partial charge >= 0.3 is 5.97 Å². The topological polar surface area (TPSA) is 87.3 Å². The van der Waals surface area contributed by atoms with Crippen LogP contribution in [-0.4, -0.2) is 30.2 Å². The minimum Gasteiger partial charge on any atom is -0.491 e. The van der Waals surface area contributed by atoms with Crippen LogP contribution in [0.15, 0.2) is 24.8 Å². The minimum absolute atomic E-state index is 0.00190. The fourth-order valence-corrected chi connectivity index (χ4v) is 2.08. The van der Waals surface area contributed by atoms with Gasteiger partial charge in [0.15, 0.2) is 23.1 Å². The highest BCUT2D eigenvalue weighted by Crippen LogP contribution is 2.28. The van der Waals surface area contributed by atoms with Crippen LogP contribution in [0.2, 0.25) is 0 Å². The van der Waals surface area contributed by atoms with Crippen molar-refractivity contribution in [3.8, 4) is 17.1 Å². The van der Waals surface area contributed by atoms with E-state index < -0.39 is 5.97 Å². The molecule has 2 N–H and O–H groups in total. The number of benzene rings is 1. The quantitative estimate of drug-likeness (QED) is 0.873. The number of hydrogen-bond donors (Lipinski definition) is 1. The first-order chi connectivity index (χ1) is 10.5. The van der Waals surface area contributed by atoms with Crippen LogP contribution in [0, 0.1) is 6.92 Å². The Kier molecular flexibility index (Phi) is 4.41. The highest BCUT2D eigenvalue weighted by Gasteiger charge is 2.21. The van der Waals surface area contributed by atoms with Gasteiger partial charge in [-0.2, -0.15) is 0 Å². The van der Waals surface area contributed by atoms with Gasteiger partial charge in [-0.15, -0.1) is 0 Å². The molecule has 0 saturated carbocycles. The number of rotatable bonds is 4. The predicted molar refractivity (Wildman–Crippen MR) is 84.6 cm³/mol. The number of carbonyl (C=O) groups is 1. The summed E-state index contributed by atoms with van der Waals surface area (Å²) in [5.41, 5.74) is 8.62. The van der Waals surface area contributed by atoms with E-state index in [2.05, 4.69) is 16.5 Å². The van der Waals surface area contributed by atoms with Crippen LogP contribution in [0.25, 0.3) is 17.5 Å². The lowest BCUT2D eigenvalue weighted by Gasteiger charge is -2.11. The zero-order valence-corrected chi connectivity index (χ0v) is 12.7. The Balaban J connectivity index is 2.61.